The summed E-state index contributed by atoms with van der Waals surface area (Å²) < 4.78 is 46.0. The van der Waals surface area contributed by atoms with Crippen LogP contribution >= 0.6 is 23.1 Å². The molecular formula is C30H22F3N3O5S2. The molecule has 2 aliphatic rings. The number of nitrogens with zero attached hydrogens (tertiary/aromatic N) is 1. The van der Waals surface area contributed by atoms with E-state index in [9.17, 15) is 32.3 Å². The maximum absolute atomic E-state index is 13.9. The Bertz CT molecular complexity index is 1820. The lowest BCUT2D eigenvalue weighted by Gasteiger charge is -2.30. The Morgan fingerprint density at radius 3 is 2.53 bits per heavy atom. The van der Waals surface area contributed by atoms with Gasteiger partial charge >= 0.3 is 11.0 Å². The third-order valence-electron chi connectivity index (χ3n) is 7.14. The fourth-order valence-corrected chi connectivity index (χ4v) is 7.83. The highest BCUT2D eigenvalue weighted by molar-refractivity contribution is 8.00. The highest BCUT2D eigenvalue weighted by Crippen LogP contribution is 2.53. The number of H-pyrrole nitrogens is 1. The van der Waals surface area contributed by atoms with Crippen LogP contribution in [0.3, 0.4) is 0 Å². The SMILES string of the molecule is Cc1cccc(NC(=O)COc2cccc(C3c4sc(=O)[nH]c4SC4C(=O)N(c5cccc(C(F)(F)F)c5)C(=O)C43)c2)c1. The number of aromatic nitrogens is 1. The first-order valence-electron chi connectivity index (χ1n) is 13.0. The molecule has 8 nitrogen and oxygen atoms in total. The fourth-order valence-electron chi connectivity index (χ4n) is 5.32. The van der Waals surface area contributed by atoms with E-state index < -0.39 is 40.6 Å². The van der Waals surface area contributed by atoms with Crippen LogP contribution in [0.1, 0.15) is 27.5 Å². The number of thiazole rings is 1. The van der Waals surface area contributed by atoms with Crippen LogP contribution in [0.25, 0.3) is 0 Å². The van der Waals surface area contributed by atoms with Crippen molar-refractivity contribution in [1.29, 1.82) is 0 Å². The van der Waals surface area contributed by atoms with Gasteiger partial charge in [-0.15, -0.1) is 0 Å². The highest BCUT2D eigenvalue weighted by Gasteiger charge is 2.56. The van der Waals surface area contributed by atoms with Crippen molar-refractivity contribution >= 4 is 52.2 Å². The van der Waals surface area contributed by atoms with Gasteiger partial charge in [0.15, 0.2) is 6.61 Å². The summed E-state index contributed by atoms with van der Waals surface area (Å²) in [6.45, 7) is 1.60. The molecule has 0 aliphatic carbocycles. The van der Waals surface area contributed by atoms with E-state index in [1.165, 1.54) is 6.07 Å². The van der Waals surface area contributed by atoms with Gasteiger partial charge in [0.2, 0.25) is 11.8 Å². The predicted octanol–water partition coefficient (Wildman–Crippen LogP) is 5.58. The Morgan fingerprint density at radius 1 is 1.00 bits per heavy atom. The number of amides is 3. The predicted molar refractivity (Wildman–Crippen MR) is 156 cm³/mol. The summed E-state index contributed by atoms with van der Waals surface area (Å²) in [4.78, 5) is 56.0. The van der Waals surface area contributed by atoms with Gasteiger partial charge in [-0.05, 0) is 60.5 Å². The van der Waals surface area contributed by atoms with Crippen molar-refractivity contribution in [2.24, 2.45) is 5.92 Å². The van der Waals surface area contributed by atoms with E-state index in [0.717, 1.165) is 51.8 Å². The smallest absolute Gasteiger partial charge is 0.416 e. The zero-order valence-electron chi connectivity index (χ0n) is 22.3. The molecule has 1 aromatic heterocycles. The number of carbonyl (C=O) groups excluding carboxylic acids is 3. The van der Waals surface area contributed by atoms with Gasteiger partial charge in [0.1, 0.15) is 11.0 Å². The van der Waals surface area contributed by atoms with Crippen LogP contribution in [0.4, 0.5) is 24.5 Å². The monoisotopic (exact) mass is 625 g/mol. The summed E-state index contributed by atoms with van der Waals surface area (Å²) in [5.41, 5.74) is 0.998. The van der Waals surface area contributed by atoms with E-state index >= 15 is 0 Å². The van der Waals surface area contributed by atoms with Gasteiger partial charge in [-0.1, -0.05) is 53.4 Å². The quantitative estimate of drug-likeness (QED) is 0.271. The molecule has 0 bridgehead atoms. The Morgan fingerprint density at radius 2 is 1.77 bits per heavy atom. The van der Waals surface area contributed by atoms with Crippen molar-refractivity contribution in [3.63, 3.8) is 0 Å². The summed E-state index contributed by atoms with van der Waals surface area (Å²) in [5, 5.41) is 2.21. The maximum Gasteiger partial charge on any atom is 0.416 e. The number of hydrogen-bond acceptors (Lipinski definition) is 7. The molecule has 3 aromatic carbocycles. The number of aryl methyl sites for hydroxylation is 1. The van der Waals surface area contributed by atoms with E-state index in [0.29, 0.717) is 26.9 Å². The Kier molecular flexibility index (Phi) is 7.38. The average molecular weight is 626 g/mol. The second kappa shape index (κ2) is 11.0. The number of anilines is 2. The van der Waals surface area contributed by atoms with E-state index in [1.54, 1.807) is 30.3 Å². The molecule has 0 saturated carbocycles. The number of benzene rings is 3. The van der Waals surface area contributed by atoms with Crippen LogP contribution in [0.2, 0.25) is 0 Å². The van der Waals surface area contributed by atoms with Gasteiger partial charge in [-0.3, -0.25) is 19.2 Å². The molecule has 43 heavy (non-hydrogen) atoms. The summed E-state index contributed by atoms with van der Waals surface area (Å²) >= 11 is 1.93. The molecule has 220 valence electrons. The van der Waals surface area contributed by atoms with E-state index in [-0.39, 0.29) is 23.1 Å². The molecule has 0 spiro atoms. The van der Waals surface area contributed by atoms with Crippen LogP contribution in [0.15, 0.2) is 82.6 Å². The van der Waals surface area contributed by atoms with Gasteiger partial charge in [-0.2, -0.15) is 13.2 Å². The molecule has 3 amide bonds. The van der Waals surface area contributed by atoms with Crippen molar-refractivity contribution in [1.82, 2.24) is 4.98 Å². The zero-order valence-corrected chi connectivity index (χ0v) is 23.9. The lowest BCUT2D eigenvalue weighted by molar-refractivity contribution is -0.137. The first-order valence-corrected chi connectivity index (χ1v) is 14.7. The van der Waals surface area contributed by atoms with Gasteiger partial charge in [-0.25, -0.2) is 4.90 Å². The summed E-state index contributed by atoms with van der Waals surface area (Å²) in [5.74, 6) is -3.15. The minimum absolute atomic E-state index is 0.174. The standard InChI is InChI=1S/C30H22F3N3O5S2/c1-15-5-2-8-18(11-15)34-21(37)14-41-20-10-3-6-16(12-20)22-23-25(42-26-24(22)43-29(40)35-26)28(39)36(27(23)38)19-9-4-7-17(13-19)30(31,32)33/h2-13,22-23,25H,14H2,1H3,(H,34,37)(H,35,40). The van der Waals surface area contributed by atoms with Crippen LogP contribution in [0.5, 0.6) is 5.75 Å². The number of hydrogen-bond donors (Lipinski definition) is 2. The number of halogens is 3. The molecule has 3 atom stereocenters. The van der Waals surface area contributed by atoms with Crippen LogP contribution < -0.4 is 19.8 Å². The normalized spacial score (nSPS) is 19.6. The van der Waals surface area contributed by atoms with Crippen molar-refractivity contribution in [3.8, 4) is 5.75 Å². The first-order chi connectivity index (χ1) is 20.5. The minimum Gasteiger partial charge on any atom is -0.484 e. The van der Waals surface area contributed by atoms with E-state index in [1.807, 2.05) is 25.1 Å². The molecule has 3 heterocycles. The summed E-state index contributed by atoms with van der Waals surface area (Å²) in [6.07, 6.45) is -4.66. The number of rotatable bonds is 6. The van der Waals surface area contributed by atoms with Crippen LogP contribution in [-0.2, 0) is 20.6 Å². The third kappa shape index (κ3) is 5.57. The van der Waals surface area contributed by atoms with Crippen molar-refractivity contribution in [2.75, 3.05) is 16.8 Å². The largest absolute Gasteiger partial charge is 0.484 e. The minimum atomic E-state index is -4.66. The second-order valence-corrected chi connectivity index (χ2v) is 12.3. The highest BCUT2D eigenvalue weighted by atomic mass is 32.2. The van der Waals surface area contributed by atoms with Gasteiger partial charge in [0.05, 0.1) is 22.2 Å². The molecule has 4 aromatic rings. The molecule has 6 rings (SSSR count). The lowest BCUT2D eigenvalue weighted by Crippen LogP contribution is -2.32. The molecule has 2 N–H and O–H groups in total. The number of thioether (sulfide) groups is 1. The maximum atomic E-state index is 13.9. The number of fused-ring (bicyclic) bond motifs is 2. The number of nitrogens with one attached hydrogen (secondary N) is 2. The Balaban J connectivity index is 1.30. The molecule has 13 heteroatoms. The van der Waals surface area contributed by atoms with Crippen LogP contribution in [0, 0.1) is 12.8 Å². The molecule has 3 unspecified atom stereocenters. The lowest BCUT2D eigenvalue weighted by atomic mass is 9.83. The Hall–Kier alpha value is -4.36. The van der Waals surface area contributed by atoms with Crippen molar-refractivity contribution in [3.05, 3.63) is 104 Å². The van der Waals surface area contributed by atoms with Gasteiger partial charge in [0.25, 0.3) is 5.91 Å². The second-order valence-electron chi connectivity index (χ2n) is 10.1. The third-order valence-corrected chi connectivity index (χ3v) is 9.55. The fraction of sp³-hybridized carbons (Fsp3) is 0.200. The molecule has 0 radical (unpaired) electrons. The number of imide groups is 1. The number of ether oxygens (including phenoxy) is 1. The zero-order chi connectivity index (χ0) is 30.5. The van der Waals surface area contributed by atoms with Gasteiger partial charge < -0.3 is 15.0 Å². The van der Waals surface area contributed by atoms with Crippen molar-refractivity contribution in [2.45, 2.75) is 29.3 Å². The molecule has 2 aliphatic heterocycles. The number of carbonyl (C=O) groups is 3. The molecular weight excluding hydrogens is 603 g/mol. The molecule has 1 saturated heterocycles. The van der Waals surface area contributed by atoms with E-state index in [2.05, 4.69) is 10.3 Å². The average Bonchev–Trinajstić information content (AvgIpc) is 3.45. The Labute approximate surface area is 250 Å². The molecule has 1 fully saturated rings. The number of aromatic amines is 1. The number of alkyl halides is 3. The first kappa shape index (κ1) is 28.7. The topological polar surface area (TPSA) is 109 Å². The summed E-state index contributed by atoms with van der Waals surface area (Å²) in [7, 11) is 0. The van der Waals surface area contributed by atoms with Gasteiger partial charge in [0, 0.05) is 16.5 Å². The van der Waals surface area contributed by atoms with Crippen LogP contribution in [-0.4, -0.2) is 34.6 Å². The van der Waals surface area contributed by atoms with Crippen molar-refractivity contribution < 1.29 is 32.3 Å². The van der Waals surface area contributed by atoms with E-state index in [4.69, 9.17) is 4.74 Å². The summed E-state index contributed by atoms with van der Waals surface area (Å²) in [6, 6.07) is 18.0.